The lowest BCUT2D eigenvalue weighted by Gasteiger charge is -2.51. The van der Waals surface area contributed by atoms with E-state index in [1.807, 2.05) is 18.2 Å². The first-order valence-electron chi connectivity index (χ1n) is 14.3. The van der Waals surface area contributed by atoms with E-state index in [-0.39, 0.29) is 23.5 Å². The third-order valence-corrected chi connectivity index (χ3v) is 8.62. The number of nitrogens with one attached hydrogen (secondary N) is 1. The van der Waals surface area contributed by atoms with Gasteiger partial charge in [-0.25, -0.2) is 0 Å². The SMILES string of the molecule is CC(C)(C)Oc1ccc(CN2CC3CC4C=NC3(C(=O)NCc3ccccc3)C2C4Cc2ccccc2)cc1. The van der Waals surface area contributed by atoms with E-state index in [2.05, 4.69) is 104 Å². The molecule has 7 rings (SSSR count). The van der Waals surface area contributed by atoms with E-state index in [1.165, 1.54) is 11.1 Å². The summed E-state index contributed by atoms with van der Waals surface area (Å²) < 4.78 is 6.04. The van der Waals surface area contributed by atoms with Crippen LogP contribution in [0.25, 0.3) is 0 Å². The third-order valence-electron chi connectivity index (χ3n) is 8.62. The summed E-state index contributed by atoms with van der Waals surface area (Å²) in [7, 11) is 0. The highest BCUT2D eigenvalue weighted by Gasteiger charge is 2.67. The summed E-state index contributed by atoms with van der Waals surface area (Å²) in [5.74, 6) is 1.93. The molecule has 1 aliphatic carbocycles. The van der Waals surface area contributed by atoms with Gasteiger partial charge >= 0.3 is 0 Å². The molecule has 2 fully saturated rings. The maximum absolute atomic E-state index is 14.1. The van der Waals surface area contributed by atoms with Crippen molar-refractivity contribution in [1.29, 1.82) is 0 Å². The van der Waals surface area contributed by atoms with Gasteiger partial charge in [0, 0.05) is 37.8 Å². The first kappa shape index (κ1) is 25.8. The Morgan fingerprint density at radius 2 is 1.62 bits per heavy atom. The largest absolute Gasteiger partial charge is 0.488 e. The minimum Gasteiger partial charge on any atom is -0.488 e. The summed E-state index contributed by atoms with van der Waals surface area (Å²) in [5, 5.41) is 3.29. The molecule has 3 aromatic carbocycles. The third kappa shape index (κ3) is 5.12. The van der Waals surface area contributed by atoms with Gasteiger partial charge in [0.05, 0.1) is 0 Å². The van der Waals surface area contributed by atoms with E-state index in [0.717, 1.165) is 37.2 Å². The molecule has 5 heteroatoms. The number of carbonyl (C=O) groups excluding carboxylic acids is 1. The van der Waals surface area contributed by atoms with Gasteiger partial charge in [0.1, 0.15) is 11.4 Å². The zero-order valence-electron chi connectivity index (χ0n) is 23.2. The van der Waals surface area contributed by atoms with E-state index in [4.69, 9.17) is 9.73 Å². The predicted octanol–water partition coefficient (Wildman–Crippen LogP) is 5.68. The fraction of sp³-hybridized carbons (Fsp3) is 0.412. The van der Waals surface area contributed by atoms with Crippen molar-refractivity contribution in [3.05, 3.63) is 102 Å². The lowest BCUT2D eigenvalue weighted by molar-refractivity contribution is -0.132. The molecule has 1 saturated heterocycles. The van der Waals surface area contributed by atoms with Gasteiger partial charge in [-0.1, -0.05) is 72.8 Å². The maximum Gasteiger partial charge on any atom is 0.250 e. The van der Waals surface area contributed by atoms with Crippen LogP contribution in [0.4, 0.5) is 0 Å². The Bertz CT molecular complexity index is 1320. The number of aliphatic imine (C=N–C) groups is 1. The summed E-state index contributed by atoms with van der Waals surface area (Å²) in [6, 6.07) is 29.4. The number of rotatable bonds is 8. The second-order valence-electron chi connectivity index (χ2n) is 12.5. The zero-order chi connectivity index (χ0) is 27.0. The molecule has 1 saturated carbocycles. The topological polar surface area (TPSA) is 53.9 Å². The van der Waals surface area contributed by atoms with Crippen molar-refractivity contribution < 1.29 is 9.53 Å². The van der Waals surface area contributed by atoms with E-state index < -0.39 is 5.54 Å². The number of nitrogens with zero attached hydrogens (tertiary/aromatic N) is 2. The number of ether oxygens (including phenoxy) is 1. The molecular formula is C34H39N3O2. The van der Waals surface area contributed by atoms with Crippen LogP contribution in [0.3, 0.4) is 0 Å². The standard InChI is InChI=1S/C34H39N3O2/c1-33(2,3)39-29-16-14-26(15-17-29)22-37-23-28-19-27-21-36-34(28,32(38)35-20-25-12-8-5-9-13-25)31(37)30(27)18-24-10-6-4-7-11-24/h4-17,21,27-28,30-31H,18-20,22-23H2,1-3H3,(H,35,38). The number of likely N-dealkylation sites (tertiary alicyclic amines) is 1. The van der Waals surface area contributed by atoms with Crippen molar-refractivity contribution in [3.8, 4) is 5.75 Å². The molecule has 3 aromatic rings. The molecule has 3 heterocycles. The van der Waals surface area contributed by atoms with Gasteiger partial charge in [0.25, 0.3) is 0 Å². The van der Waals surface area contributed by atoms with Crippen LogP contribution in [-0.4, -0.2) is 40.7 Å². The molecule has 1 amide bonds. The van der Waals surface area contributed by atoms with Crippen LogP contribution in [0, 0.1) is 17.8 Å². The van der Waals surface area contributed by atoms with Crippen molar-refractivity contribution >= 4 is 12.1 Å². The Hall–Kier alpha value is -3.44. The van der Waals surface area contributed by atoms with Crippen LogP contribution < -0.4 is 10.1 Å². The molecule has 5 nitrogen and oxygen atoms in total. The average molecular weight is 522 g/mol. The molecule has 4 bridgehead atoms. The van der Waals surface area contributed by atoms with Crippen molar-refractivity contribution in [3.63, 3.8) is 0 Å². The zero-order valence-corrected chi connectivity index (χ0v) is 23.2. The molecule has 5 atom stereocenters. The summed E-state index contributed by atoms with van der Waals surface area (Å²) in [5.41, 5.74) is 2.71. The van der Waals surface area contributed by atoms with E-state index in [9.17, 15) is 4.79 Å². The quantitative estimate of drug-likeness (QED) is 0.415. The number of benzene rings is 3. The molecule has 202 valence electrons. The minimum absolute atomic E-state index is 0.0627. The van der Waals surface area contributed by atoms with Crippen LogP contribution >= 0.6 is 0 Å². The van der Waals surface area contributed by atoms with Crippen LogP contribution in [0.5, 0.6) is 5.75 Å². The minimum atomic E-state index is -0.738. The second kappa shape index (κ2) is 10.3. The van der Waals surface area contributed by atoms with Crippen LogP contribution in [0.1, 0.15) is 43.9 Å². The van der Waals surface area contributed by atoms with E-state index in [1.54, 1.807) is 0 Å². The van der Waals surface area contributed by atoms with E-state index in [0.29, 0.717) is 18.4 Å². The molecule has 1 N–H and O–H groups in total. The average Bonchev–Trinajstić information content (AvgIpc) is 3.19. The molecule has 39 heavy (non-hydrogen) atoms. The predicted molar refractivity (Wildman–Crippen MR) is 156 cm³/mol. The molecule has 4 aliphatic rings. The maximum atomic E-state index is 14.1. The number of hydrogen-bond acceptors (Lipinski definition) is 4. The smallest absolute Gasteiger partial charge is 0.250 e. The lowest BCUT2D eigenvalue weighted by Crippen LogP contribution is -2.65. The van der Waals surface area contributed by atoms with E-state index >= 15 is 0 Å². The summed E-state index contributed by atoms with van der Waals surface area (Å²) in [6.45, 7) is 8.42. The van der Waals surface area contributed by atoms with Gasteiger partial charge < -0.3 is 10.1 Å². The van der Waals surface area contributed by atoms with Crippen molar-refractivity contribution in [2.24, 2.45) is 22.7 Å². The van der Waals surface area contributed by atoms with Gasteiger partial charge in [0.15, 0.2) is 5.54 Å². The first-order chi connectivity index (χ1) is 18.8. The Balaban J connectivity index is 1.29. The molecule has 5 unspecified atom stereocenters. The summed E-state index contributed by atoms with van der Waals surface area (Å²) in [6.07, 6.45) is 4.09. The molecule has 3 aliphatic heterocycles. The van der Waals surface area contributed by atoms with Gasteiger partial charge in [0.2, 0.25) is 5.91 Å². The Labute approximate surface area is 232 Å². The van der Waals surface area contributed by atoms with Crippen molar-refractivity contribution in [2.75, 3.05) is 6.54 Å². The fourth-order valence-electron chi connectivity index (χ4n) is 7.08. The first-order valence-corrected chi connectivity index (χ1v) is 14.3. The Kier molecular flexibility index (Phi) is 6.80. The molecule has 0 aromatic heterocycles. The summed E-state index contributed by atoms with van der Waals surface area (Å²) >= 11 is 0. The second-order valence-corrected chi connectivity index (χ2v) is 12.5. The fourth-order valence-corrected chi connectivity index (χ4v) is 7.08. The normalized spacial score (nSPS) is 27.5. The number of hydrogen-bond donors (Lipinski definition) is 1. The van der Waals surface area contributed by atoms with Gasteiger partial charge in [-0.2, -0.15) is 0 Å². The lowest BCUT2D eigenvalue weighted by atomic mass is 9.59. The highest BCUT2D eigenvalue weighted by atomic mass is 16.5. The Morgan fingerprint density at radius 1 is 0.949 bits per heavy atom. The number of carbonyl (C=O) groups is 1. The van der Waals surface area contributed by atoms with Gasteiger partial charge in [-0.05, 0) is 74.3 Å². The Morgan fingerprint density at radius 3 is 2.28 bits per heavy atom. The summed E-state index contributed by atoms with van der Waals surface area (Å²) in [4.78, 5) is 21.8. The van der Waals surface area contributed by atoms with Gasteiger partial charge in [-0.3, -0.25) is 14.7 Å². The van der Waals surface area contributed by atoms with Crippen LogP contribution in [0.15, 0.2) is 89.9 Å². The highest BCUT2D eigenvalue weighted by molar-refractivity contribution is 5.92. The molecular weight excluding hydrogens is 482 g/mol. The highest BCUT2D eigenvalue weighted by Crippen LogP contribution is 2.55. The van der Waals surface area contributed by atoms with Crippen molar-refractivity contribution in [1.82, 2.24) is 10.2 Å². The van der Waals surface area contributed by atoms with Crippen LogP contribution in [-0.2, 0) is 24.3 Å². The van der Waals surface area contributed by atoms with Gasteiger partial charge in [-0.15, -0.1) is 0 Å². The monoisotopic (exact) mass is 521 g/mol. The van der Waals surface area contributed by atoms with Crippen LogP contribution in [0.2, 0.25) is 0 Å². The van der Waals surface area contributed by atoms with Crippen molar-refractivity contribution in [2.45, 2.75) is 63.9 Å². The number of amides is 1. The molecule has 0 spiro atoms. The molecule has 0 radical (unpaired) electrons.